The van der Waals surface area contributed by atoms with Gasteiger partial charge in [0.15, 0.2) is 9.84 Å². The summed E-state index contributed by atoms with van der Waals surface area (Å²) in [6, 6.07) is 8.15. The van der Waals surface area contributed by atoms with E-state index in [2.05, 4.69) is 5.16 Å². The third kappa shape index (κ3) is 3.53. The Kier molecular flexibility index (Phi) is 4.26. The summed E-state index contributed by atoms with van der Waals surface area (Å²) in [6.07, 6.45) is 2.04. The zero-order chi connectivity index (χ0) is 15.6. The van der Waals surface area contributed by atoms with Gasteiger partial charge in [-0.2, -0.15) is 0 Å². The second-order valence-corrected chi connectivity index (χ2v) is 7.77. The fraction of sp³-hybridized carbons (Fsp3) is 0.400. The Morgan fingerprint density at radius 1 is 1.27 bits per heavy atom. The summed E-state index contributed by atoms with van der Waals surface area (Å²) >= 11 is 0. The molecule has 7 heteroatoms. The van der Waals surface area contributed by atoms with Crippen LogP contribution in [0.25, 0.3) is 0 Å². The summed E-state index contributed by atoms with van der Waals surface area (Å²) in [4.78, 5) is 1.96. The molecule has 0 amide bonds. The minimum absolute atomic E-state index is 0.110. The average Bonchev–Trinajstić information content (AvgIpc) is 3.10. The van der Waals surface area contributed by atoms with Gasteiger partial charge in [-0.3, -0.25) is 4.90 Å². The van der Waals surface area contributed by atoms with E-state index in [0.717, 1.165) is 0 Å². The van der Waals surface area contributed by atoms with Crippen LogP contribution in [0.5, 0.6) is 0 Å². The van der Waals surface area contributed by atoms with E-state index in [1.54, 1.807) is 24.3 Å². The Balaban J connectivity index is 1.81. The number of benzene rings is 1. The first-order chi connectivity index (χ1) is 10.5. The summed E-state index contributed by atoms with van der Waals surface area (Å²) in [5, 5.41) is 3.87. The van der Waals surface area contributed by atoms with E-state index in [0.29, 0.717) is 30.8 Å². The lowest BCUT2D eigenvalue weighted by atomic mass is 10.1. The van der Waals surface area contributed by atoms with Gasteiger partial charge in [0, 0.05) is 30.8 Å². The lowest BCUT2D eigenvalue weighted by Crippen LogP contribution is -2.35. The van der Waals surface area contributed by atoms with E-state index < -0.39 is 9.84 Å². The minimum atomic E-state index is -3.00. The third-order valence-electron chi connectivity index (χ3n) is 3.91. The molecule has 0 radical (unpaired) electrons. The van der Waals surface area contributed by atoms with Gasteiger partial charge in [-0.05, 0) is 12.5 Å². The lowest BCUT2D eigenvalue weighted by Gasteiger charge is -2.27. The number of sulfone groups is 1. The Morgan fingerprint density at radius 3 is 2.73 bits per heavy atom. The van der Waals surface area contributed by atoms with Crippen LogP contribution >= 0.6 is 0 Å². The molecule has 0 bridgehead atoms. The van der Waals surface area contributed by atoms with Gasteiger partial charge in [0.2, 0.25) is 0 Å². The van der Waals surface area contributed by atoms with Crippen molar-refractivity contribution in [3.05, 3.63) is 53.7 Å². The molecule has 0 unspecified atom stereocenters. The molecule has 3 rings (SSSR count). The quantitative estimate of drug-likeness (QED) is 0.842. The van der Waals surface area contributed by atoms with Crippen molar-refractivity contribution in [2.75, 3.05) is 11.5 Å². The Hall–Kier alpha value is -1.73. The van der Waals surface area contributed by atoms with Crippen LogP contribution in [0.2, 0.25) is 0 Å². The topological polar surface area (TPSA) is 63.4 Å². The fourth-order valence-electron chi connectivity index (χ4n) is 2.75. The lowest BCUT2D eigenvalue weighted by molar-refractivity contribution is 0.186. The van der Waals surface area contributed by atoms with Gasteiger partial charge in [-0.25, -0.2) is 12.8 Å². The zero-order valence-electron chi connectivity index (χ0n) is 12.0. The highest BCUT2D eigenvalue weighted by Gasteiger charge is 2.32. The van der Waals surface area contributed by atoms with Crippen molar-refractivity contribution < 1.29 is 17.3 Å². The molecule has 1 aromatic heterocycles. The fourth-order valence-corrected chi connectivity index (χ4v) is 4.51. The molecule has 118 valence electrons. The van der Waals surface area contributed by atoms with Gasteiger partial charge in [0.25, 0.3) is 0 Å². The molecule has 1 atom stereocenters. The van der Waals surface area contributed by atoms with Gasteiger partial charge in [0.1, 0.15) is 12.1 Å². The van der Waals surface area contributed by atoms with Crippen molar-refractivity contribution in [2.24, 2.45) is 0 Å². The molecule has 5 nitrogen and oxygen atoms in total. The van der Waals surface area contributed by atoms with E-state index in [9.17, 15) is 12.8 Å². The summed E-state index contributed by atoms with van der Waals surface area (Å²) < 4.78 is 42.2. The standard InChI is InChI=1S/C15H17FN2O3S/c16-15-4-2-1-3-12(15)9-18(10-13-5-7-21-17-13)14-6-8-22(19,20)11-14/h1-5,7,14H,6,8-11H2/t14-/m0/s1. The summed E-state index contributed by atoms with van der Waals surface area (Å²) in [7, 11) is -3.00. The van der Waals surface area contributed by atoms with Gasteiger partial charge in [0.05, 0.1) is 17.2 Å². The molecule has 0 spiro atoms. The van der Waals surface area contributed by atoms with Gasteiger partial charge >= 0.3 is 0 Å². The Bertz CT molecular complexity index is 731. The summed E-state index contributed by atoms with van der Waals surface area (Å²) in [5.74, 6) is 0.0114. The molecular weight excluding hydrogens is 307 g/mol. The smallest absolute Gasteiger partial charge is 0.151 e. The van der Waals surface area contributed by atoms with E-state index in [-0.39, 0.29) is 23.4 Å². The van der Waals surface area contributed by atoms with Crippen molar-refractivity contribution >= 4 is 9.84 Å². The second kappa shape index (κ2) is 6.18. The van der Waals surface area contributed by atoms with E-state index >= 15 is 0 Å². The number of nitrogens with zero attached hydrogens (tertiary/aromatic N) is 2. The molecular formula is C15H17FN2O3S. The Morgan fingerprint density at radius 2 is 2.09 bits per heavy atom. The van der Waals surface area contributed by atoms with E-state index in [4.69, 9.17) is 4.52 Å². The highest BCUT2D eigenvalue weighted by atomic mass is 32.2. The van der Waals surface area contributed by atoms with Crippen LogP contribution < -0.4 is 0 Å². The maximum Gasteiger partial charge on any atom is 0.151 e. The average molecular weight is 324 g/mol. The number of hydrogen-bond acceptors (Lipinski definition) is 5. The van der Waals surface area contributed by atoms with Gasteiger partial charge in [-0.15, -0.1) is 0 Å². The van der Waals surface area contributed by atoms with Crippen molar-refractivity contribution in [1.29, 1.82) is 0 Å². The molecule has 1 fully saturated rings. The van der Waals surface area contributed by atoms with E-state index in [1.807, 2.05) is 4.90 Å². The molecule has 1 saturated heterocycles. The van der Waals surface area contributed by atoms with Gasteiger partial charge in [-0.1, -0.05) is 23.4 Å². The molecule has 0 aliphatic carbocycles. The Labute approximate surface area is 128 Å². The normalized spacial score (nSPS) is 20.5. The molecule has 1 aliphatic rings. The highest BCUT2D eigenvalue weighted by Crippen LogP contribution is 2.22. The first-order valence-corrected chi connectivity index (χ1v) is 8.93. The maximum atomic E-state index is 13.9. The number of rotatable bonds is 5. The summed E-state index contributed by atoms with van der Waals surface area (Å²) in [6.45, 7) is 0.782. The largest absolute Gasteiger partial charge is 0.364 e. The summed E-state index contributed by atoms with van der Waals surface area (Å²) in [5.41, 5.74) is 1.26. The molecule has 2 aromatic rings. The predicted molar refractivity (Wildman–Crippen MR) is 79.2 cm³/mol. The first kappa shape index (κ1) is 15.2. The van der Waals surface area contributed by atoms with Crippen LogP contribution in [0.15, 0.2) is 41.1 Å². The SMILES string of the molecule is O=S1(=O)CC[C@H](N(Cc2ccon2)Cc2ccccc2F)C1. The second-order valence-electron chi connectivity index (χ2n) is 5.54. The number of aromatic nitrogens is 1. The molecule has 0 N–H and O–H groups in total. The van der Waals surface area contributed by atoms with Gasteiger partial charge < -0.3 is 4.52 Å². The van der Waals surface area contributed by atoms with Crippen molar-refractivity contribution in [3.63, 3.8) is 0 Å². The van der Waals surface area contributed by atoms with Crippen LogP contribution in [0.1, 0.15) is 17.7 Å². The maximum absolute atomic E-state index is 13.9. The number of halogens is 1. The van der Waals surface area contributed by atoms with E-state index in [1.165, 1.54) is 12.3 Å². The van der Waals surface area contributed by atoms with Crippen LogP contribution in [0, 0.1) is 5.82 Å². The molecule has 22 heavy (non-hydrogen) atoms. The van der Waals surface area contributed by atoms with Crippen LogP contribution in [0.3, 0.4) is 0 Å². The number of hydrogen-bond donors (Lipinski definition) is 0. The minimum Gasteiger partial charge on any atom is -0.364 e. The van der Waals surface area contributed by atoms with Crippen molar-refractivity contribution in [3.8, 4) is 0 Å². The monoisotopic (exact) mass is 324 g/mol. The van der Waals surface area contributed by atoms with Crippen molar-refractivity contribution in [1.82, 2.24) is 10.1 Å². The molecule has 1 aliphatic heterocycles. The zero-order valence-corrected chi connectivity index (χ0v) is 12.8. The first-order valence-electron chi connectivity index (χ1n) is 7.11. The molecule has 2 heterocycles. The molecule has 1 aromatic carbocycles. The van der Waals surface area contributed by atoms with Crippen LogP contribution in [-0.2, 0) is 22.9 Å². The van der Waals surface area contributed by atoms with Crippen LogP contribution in [0.4, 0.5) is 4.39 Å². The predicted octanol–water partition coefficient (Wildman–Crippen LogP) is 2.00. The molecule has 0 saturated carbocycles. The van der Waals surface area contributed by atoms with Crippen molar-refractivity contribution in [2.45, 2.75) is 25.6 Å². The highest BCUT2D eigenvalue weighted by molar-refractivity contribution is 7.91. The van der Waals surface area contributed by atoms with Crippen LogP contribution in [-0.4, -0.2) is 36.0 Å². The third-order valence-corrected chi connectivity index (χ3v) is 5.66.